The zero-order valence-electron chi connectivity index (χ0n) is 11.1. The highest BCUT2D eigenvalue weighted by molar-refractivity contribution is 7.09. The second kappa shape index (κ2) is 5.94. The lowest BCUT2D eigenvalue weighted by atomic mass is 10.2. The number of hydrogen-bond donors (Lipinski definition) is 1. The summed E-state index contributed by atoms with van der Waals surface area (Å²) in [6.07, 6.45) is 2.75. The molecule has 0 bridgehead atoms. The summed E-state index contributed by atoms with van der Waals surface area (Å²) in [7, 11) is 1.97. The molecule has 0 aliphatic heterocycles. The number of aromatic nitrogens is 1. The third-order valence-electron chi connectivity index (χ3n) is 2.96. The predicted molar refractivity (Wildman–Crippen MR) is 73.1 cm³/mol. The predicted octanol–water partition coefficient (Wildman–Crippen LogP) is 2.48. The normalized spacial score (nSPS) is 16.1. The van der Waals surface area contributed by atoms with Gasteiger partial charge in [-0.05, 0) is 25.8 Å². The van der Waals surface area contributed by atoms with Crippen molar-refractivity contribution in [2.45, 2.75) is 45.8 Å². The zero-order valence-corrected chi connectivity index (χ0v) is 11.9. The number of hydrogen-bond acceptors (Lipinski definition) is 4. The second-order valence-corrected chi connectivity index (χ2v) is 6.26. The number of thiazole rings is 1. The lowest BCUT2D eigenvalue weighted by Crippen LogP contribution is -2.29. The molecule has 1 aromatic rings. The maximum Gasteiger partial charge on any atom is 0.107 e. The summed E-state index contributed by atoms with van der Waals surface area (Å²) >= 11 is 1.77. The Balaban J connectivity index is 1.91. The molecule has 1 aliphatic rings. The number of rotatable bonds is 7. The second-order valence-electron chi connectivity index (χ2n) is 5.32. The summed E-state index contributed by atoms with van der Waals surface area (Å²) < 4.78 is 0. The number of nitrogens with one attached hydrogen (secondary N) is 1. The van der Waals surface area contributed by atoms with Crippen LogP contribution in [0.4, 0.5) is 0 Å². The van der Waals surface area contributed by atoms with Crippen LogP contribution >= 0.6 is 11.3 Å². The van der Waals surface area contributed by atoms with E-state index in [1.807, 2.05) is 7.05 Å². The Kier molecular flexibility index (Phi) is 4.54. The van der Waals surface area contributed by atoms with Gasteiger partial charge in [0.1, 0.15) is 5.01 Å². The van der Waals surface area contributed by atoms with Crippen molar-refractivity contribution < 1.29 is 0 Å². The maximum atomic E-state index is 4.67. The van der Waals surface area contributed by atoms with Gasteiger partial charge in [-0.3, -0.25) is 4.90 Å². The first-order valence-corrected chi connectivity index (χ1v) is 7.39. The first kappa shape index (κ1) is 13.0. The third kappa shape index (κ3) is 4.05. The quantitative estimate of drug-likeness (QED) is 0.809. The summed E-state index contributed by atoms with van der Waals surface area (Å²) in [5.74, 6) is 0.742. The van der Waals surface area contributed by atoms with Gasteiger partial charge in [0, 0.05) is 31.1 Å². The van der Waals surface area contributed by atoms with E-state index in [-0.39, 0.29) is 0 Å². The van der Waals surface area contributed by atoms with E-state index in [0.29, 0.717) is 0 Å². The molecule has 2 rings (SSSR count). The van der Waals surface area contributed by atoms with E-state index in [1.54, 1.807) is 11.3 Å². The molecule has 0 radical (unpaired) electrons. The van der Waals surface area contributed by atoms with Crippen molar-refractivity contribution in [3.8, 4) is 0 Å². The summed E-state index contributed by atoms with van der Waals surface area (Å²) in [5.41, 5.74) is 1.24. The monoisotopic (exact) mass is 253 g/mol. The molecule has 17 heavy (non-hydrogen) atoms. The van der Waals surface area contributed by atoms with Gasteiger partial charge in [-0.1, -0.05) is 13.8 Å². The summed E-state index contributed by atoms with van der Waals surface area (Å²) in [6, 6.07) is 0.826. The average Bonchev–Trinajstić information content (AvgIpc) is 3.01. The molecule has 1 aromatic heterocycles. The summed E-state index contributed by atoms with van der Waals surface area (Å²) in [6.45, 7) is 7.70. The average molecular weight is 253 g/mol. The van der Waals surface area contributed by atoms with Gasteiger partial charge < -0.3 is 5.32 Å². The van der Waals surface area contributed by atoms with E-state index in [0.717, 1.165) is 25.0 Å². The van der Waals surface area contributed by atoms with Crippen LogP contribution in [0.2, 0.25) is 0 Å². The summed E-state index contributed by atoms with van der Waals surface area (Å²) in [4.78, 5) is 7.27. The molecule has 0 atom stereocenters. The van der Waals surface area contributed by atoms with Gasteiger partial charge in [-0.2, -0.15) is 0 Å². The van der Waals surface area contributed by atoms with Crippen LogP contribution in [0.1, 0.15) is 37.4 Å². The molecule has 1 fully saturated rings. The topological polar surface area (TPSA) is 28.2 Å². The molecule has 1 N–H and O–H groups in total. The fourth-order valence-electron chi connectivity index (χ4n) is 2.11. The van der Waals surface area contributed by atoms with Gasteiger partial charge in [-0.15, -0.1) is 11.3 Å². The van der Waals surface area contributed by atoms with Crippen LogP contribution in [0.3, 0.4) is 0 Å². The van der Waals surface area contributed by atoms with E-state index in [1.165, 1.54) is 30.1 Å². The van der Waals surface area contributed by atoms with Crippen LogP contribution in [-0.4, -0.2) is 29.5 Å². The van der Waals surface area contributed by atoms with E-state index in [2.05, 4.69) is 34.4 Å². The highest BCUT2D eigenvalue weighted by atomic mass is 32.1. The van der Waals surface area contributed by atoms with Crippen molar-refractivity contribution in [2.75, 3.05) is 13.6 Å². The maximum absolute atomic E-state index is 4.67. The van der Waals surface area contributed by atoms with Crippen molar-refractivity contribution in [1.82, 2.24) is 15.2 Å². The first-order chi connectivity index (χ1) is 8.19. The van der Waals surface area contributed by atoms with E-state index in [4.69, 9.17) is 0 Å². The van der Waals surface area contributed by atoms with E-state index >= 15 is 0 Å². The molecular formula is C13H23N3S. The molecule has 3 nitrogen and oxygen atoms in total. The van der Waals surface area contributed by atoms with Crippen molar-refractivity contribution in [3.63, 3.8) is 0 Å². The lowest BCUT2D eigenvalue weighted by molar-refractivity contribution is 0.224. The smallest absolute Gasteiger partial charge is 0.107 e. The first-order valence-electron chi connectivity index (χ1n) is 6.51. The van der Waals surface area contributed by atoms with Crippen LogP contribution in [0.5, 0.6) is 0 Å². The molecule has 1 aliphatic carbocycles. The minimum absolute atomic E-state index is 0.742. The molecule has 0 spiro atoms. The highest BCUT2D eigenvalue weighted by Gasteiger charge is 2.29. The molecule has 0 saturated heterocycles. The molecule has 4 heteroatoms. The Morgan fingerprint density at radius 2 is 2.29 bits per heavy atom. The van der Waals surface area contributed by atoms with Crippen LogP contribution in [0.15, 0.2) is 5.38 Å². The van der Waals surface area contributed by atoms with Crippen LogP contribution in [-0.2, 0) is 13.1 Å². The van der Waals surface area contributed by atoms with Gasteiger partial charge in [0.15, 0.2) is 0 Å². The van der Waals surface area contributed by atoms with Crippen molar-refractivity contribution in [3.05, 3.63) is 16.1 Å². The van der Waals surface area contributed by atoms with E-state index < -0.39 is 0 Å². The Hall–Kier alpha value is -0.450. The van der Waals surface area contributed by atoms with Gasteiger partial charge in [0.05, 0.1) is 5.69 Å². The number of nitrogens with zero attached hydrogens (tertiary/aromatic N) is 2. The van der Waals surface area contributed by atoms with Crippen LogP contribution < -0.4 is 5.32 Å². The SMILES string of the molecule is CNCc1nc(CN(CC(C)C)C2CC2)cs1. The fraction of sp³-hybridized carbons (Fsp3) is 0.769. The third-order valence-corrected chi connectivity index (χ3v) is 3.85. The Bertz CT molecular complexity index is 344. The molecule has 0 unspecified atom stereocenters. The molecule has 0 amide bonds. The van der Waals surface area contributed by atoms with Crippen LogP contribution in [0.25, 0.3) is 0 Å². The Labute approximate surface area is 108 Å². The molecular weight excluding hydrogens is 230 g/mol. The minimum Gasteiger partial charge on any atom is -0.314 e. The molecule has 0 aromatic carbocycles. The molecule has 96 valence electrons. The van der Waals surface area contributed by atoms with Crippen molar-refractivity contribution >= 4 is 11.3 Å². The van der Waals surface area contributed by atoms with Gasteiger partial charge in [-0.25, -0.2) is 4.98 Å². The summed E-state index contributed by atoms with van der Waals surface area (Å²) in [5, 5.41) is 6.56. The Morgan fingerprint density at radius 1 is 1.53 bits per heavy atom. The molecule has 1 heterocycles. The molecule has 1 saturated carbocycles. The highest BCUT2D eigenvalue weighted by Crippen LogP contribution is 2.29. The lowest BCUT2D eigenvalue weighted by Gasteiger charge is -2.22. The largest absolute Gasteiger partial charge is 0.314 e. The van der Waals surface area contributed by atoms with Crippen LogP contribution in [0, 0.1) is 5.92 Å². The zero-order chi connectivity index (χ0) is 12.3. The van der Waals surface area contributed by atoms with Crippen molar-refractivity contribution in [1.29, 1.82) is 0 Å². The van der Waals surface area contributed by atoms with E-state index in [9.17, 15) is 0 Å². The van der Waals surface area contributed by atoms with Crippen molar-refractivity contribution in [2.24, 2.45) is 5.92 Å². The fourth-order valence-corrected chi connectivity index (χ4v) is 2.91. The minimum atomic E-state index is 0.742. The van der Waals surface area contributed by atoms with Gasteiger partial charge >= 0.3 is 0 Å². The standard InChI is InChI=1S/C13H23N3S/c1-10(2)7-16(12-4-5-12)8-11-9-17-13(15-11)6-14-3/h9-10,12,14H,4-8H2,1-3H3. The van der Waals surface area contributed by atoms with Gasteiger partial charge in [0.2, 0.25) is 0 Å². The van der Waals surface area contributed by atoms with Gasteiger partial charge in [0.25, 0.3) is 0 Å². The Morgan fingerprint density at radius 3 is 2.88 bits per heavy atom.